The maximum atomic E-state index is 5.73. The summed E-state index contributed by atoms with van der Waals surface area (Å²) in [5.41, 5.74) is 10.3. The quantitative estimate of drug-likeness (QED) is 0.894. The maximum absolute atomic E-state index is 5.73. The van der Waals surface area contributed by atoms with Gasteiger partial charge in [-0.3, -0.25) is 4.98 Å². The lowest BCUT2D eigenvalue weighted by molar-refractivity contribution is 0.409. The molecule has 1 aromatic heterocycles. The van der Waals surface area contributed by atoms with E-state index in [1.807, 2.05) is 12.3 Å². The number of hydrogen-bond acceptors (Lipinski definition) is 3. The Morgan fingerprint density at radius 3 is 2.53 bits per heavy atom. The molecule has 19 heavy (non-hydrogen) atoms. The number of methoxy groups -OCH3 is 1. The molecule has 0 saturated carbocycles. The molecule has 0 atom stereocenters. The molecule has 2 aromatic rings. The average molecular weight is 256 g/mol. The summed E-state index contributed by atoms with van der Waals surface area (Å²) in [6.07, 6.45) is 3.79. The maximum Gasteiger partial charge on any atom is 0.123 e. The Kier molecular flexibility index (Phi) is 4.53. The second-order valence-corrected chi connectivity index (χ2v) is 4.54. The summed E-state index contributed by atoms with van der Waals surface area (Å²) < 4.78 is 5.28. The van der Waals surface area contributed by atoms with Crippen LogP contribution in [-0.2, 0) is 19.4 Å². The van der Waals surface area contributed by atoms with Gasteiger partial charge in [0, 0.05) is 30.4 Å². The molecule has 0 saturated heterocycles. The van der Waals surface area contributed by atoms with E-state index < -0.39 is 0 Å². The van der Waals surface area contributed by atoms with E-state index in [1.165, 1.54) is 11.1 Å². The van der Waals surface area contributed by atoms with Gasteiger partial charge in [0.2, 0.25) is 0 Å². The Morgan fingerprint density at radius 2 is 1.95 bits per heavy atom. The summed E-state index contributed by atoms with van der Waals surface area (Å²) >= 11 is 0. The Bertz CT molecular complexity index is 535. The van der Waals surface area contributed by atoms with Crippen molar-refractivity contribution in [2.75, 3.05) is 7.11 Å². The van der Waals surface area contributed by atoms with E-state index in [1.54, 1.807) is 7.11 Å². The van der Waals surface area contributed by atoms with Crippen LogP contribution in [0.3, 0.4) is 0 Å². The third-order valence-corrected chi connectivity index (χ3v) is 3.24. The minimum atomic E-state index is 0.485. The number of hydrogen-bond donors (Lipinski definition) is 1. The van der Waals surface area contributed by atoms with Gasteiger partial charge in [-0.15, -0.1) is 0 Å². The Hall–Kier alpha value is -1.87. The zero-order chi connectivity index (χ0) is 13.7. The van der Waals surface area contributed by atoms with Crippen LogP contribution in [-0.4, -0.2) is 12.1 Å². The van der Waals surface area contributed by atoms with Crippen molar-refractivity contribution in [2.45, 2.75) is 26.3 Å². The predicted octanol–water partition coefficient (Wildman–Crippen LogP) is 2.70. The third kappa shape index (κ3) is 3.32. The number of nitrogens with two attached hydrogens (primary N) is 1. The molecule has 100 valence electrons. The largest absolute Gasteiger partial charge is 0.496 e. The Balaban J connectivity index is 2.18. The van der Waals surface area contributed by atoms with E-state index in [2.05, 4.69) is 36.2 Å². The Morgan fingerprint density at radius 1 is 1.16 bits per heavy atom. The summed E-state index contributed by atoms with van der Waals surface area (Å²) in [5, 5.41) is 0. The van der Waals surface area contributed by atoms with Crippen LogP contribution in [0.1, 0.15) is 29.3 Å². The second kappa shape index (κ2) is 6.34. The Labute approximate surface area is 114 Å². The molecule has 0 aliphatic carbocycles. The molecule has 0 fully saturated rings. The van der Waals surface area contributed by atoms with Crippen LogP contribution in [0.15, 0.2) is 36.5 Å². The molecule has 0 amide bonds. The summed E-state index contributed by atoms with van der Waals surface area (Å²) in [7, 11) is 1.67. The van der Waals surface area contributed by atoms with E-state index in [0.29, 0.717) is 6.54 Å². The smallest absolute Gasteiger partial charge is 0.123 e. The molecule has 2 rings (SSSR count). The SMILES string of the molecule is CCc1ccc(Cc2ccc(OC)c(CN)c2)nc1. The molecule has 0 radical (unpaired) electrons. The topological polar surface area (TPSA) is 48.1 Å². The zero-order valence-corrected chi connectivity index (χ0v) is 11.5. The van der Waals surface area contributed by atoms with Gasteiger partial charge >= 0.3 is 0 Å². The van der Waals surface area contributed by atoms with Gasteiger partial charge in [0.15, 0.2) is 0 Å². The van der Waals surface area contributed by atoms with Crippen LogP contribution in [0.25, 0.3) is 0 Å². The van der Waals surface area contributed by atoms with Crippen molar-refractivity contribution in [1.82, 2.24) is 4.98 Å². The fourth-order valence-electron chi connectivity index (χ4n) is 2.08. The van der Waals surface area contributed by atoms with Crippen molar-refractivity contribution in [1.29, 1.82) is 0 Å². The molecular formula is C16H20N2O. The van der Waals surface area contributed by atoms with E-state index in [4.69, 9.17) is 10.5 Å². The number of ether oxygens (including phenoxy) is 1. The lowest BCUT2D eigenvalue weighted by atomic mass is 10.0. The van der Waals surface area contributed by atoms with Crippen molar-refractivity contribution in [3.63, 3.8) is 0 Å². The van der Waals surface area contributed by atoms with Crippen LogP contribution in [0.5, 0.6) is 5.75 Å². The van der Waals surface area contributed by atoms with Crippen molar-refractivity contribution in [3.8, 4) is 5.75 Å². The molecule has 0 aliphatic heterocycles. The predicted molar refractivity (Wildman–Crippen MR) is 77.3 cm³/mol. The summed E-state index contributed by atoms with van der Waals surface area (Å²) in [6.45, 7) is 2.62. The number of aryl methyl sites for hydroxylation is 1. The molecule has 3 nitrogen and oxygen atoms in total. The molecule has 1 aromatic carbocycles. The number of nitrogens with zero attached hydrogens (tertiary/aromatic N) is 1. The first-order chi connectivity index (χ1) is 9.26. The first-order valence-electron chi connectivity index (χ1n) is 6.56. The minimum absolute atomic E-state index is 0.485. The fourth-order valence-corrected chi connectivity index (χ4v) is 2.08. The van der Waals surface area contributed by atoms with Crippen LogP contribution >= 0.6 is 0 Å². The van der Waals surface area contributed by atoms with Gasteiger partial charge in [0.25, 0.3) is 0 Å². The summed E-state index contributed by atoms with van der Waals surface area (Å²) in [6, 6.07) is 10.3. The van der Waals surface area contributed by atoms with Crippen molar-refractivity contribution in [2.24, 2.45) is 5.73 Å². The number of aromatic nitrogens is 1. The first-order valence-corrected chi connectivity index (χ1v) is 6.56. The number of rotatable bonds is 5. The third-order valence-electron chi connectivity index (χ3n) is 3.24. The molecule has 3 heteroatoms. The van der Waals surface area contributed by atoms with E-state index in [9.17, 15) is 0 Å². The van der Waals surface area contributed by atoms with Gasteiger partial charge < -0.3 is 10.5 Å². The van der Waals surface area contributed by atoms with Crippen molar-refractivity contribution >= 4 is 0 Å². The fraction of sp³-hybridized carbons (Fsp3) is 0.312. The molecular weight excluding hydrogens is 236 g/mol. The highest BCUT2D eigenvalue weighted by molar-refractivity contribution is 5.38. The number of pyridine rings is 1. The monoisotopic (exact) mass is 256 g/mol. The van der Waals surface area contributed by atoms with Crippen molar-refractivity contribution < 1.29 is 4.74 Å². The molecule has 0 unspecified atom stereocenters. The van der Waals surface area contributed by atoms with Crippen LogP contribution in [0, 0.1) is 0 Å². The molecule has 1 heterocycles. The van der Waals surface area contributed by atoms with Crippen molar-refractivity contribution in [3.05, 3.63) is 58.9 Å². The number of benzene rings is 1. The minimum Gasteiger partial charge on any atom is -0.496 e. The first kappa shape index (κ1) is 13.6. The van der Waals surface area contributed by atoms with E-state index in [0.717, 1.165) is 29.8 Å². The molecule has 2 N–H and O–H groups in total. The zero-order valence-electron chi connectivity index (χ0n) is 11.5. The van der Waals surface area contributed by atoms with Crippen LogP contribution < -0.4 is 10.5 Å². The molecule has 0 aliphatic rings. The van der Waals surface area contributed by atoms with Gasteiger partial charge in [-0.2, -0.15) is 0 Å². The lowest BCUT2D eigenvalue weighted by Gasteiger charge is -2.09. The highest BCUT2D eigenvalue weighted by Crippen LogP contribution is 2.20. The summed E-state index contributed by atoms with van der Waals surface area (Å²) in [4.78, 5) is 4.48. The van der Waals surface area contributed by atoms with E-state index >= 15 is 0 Å². The van der Waals surface area contributed by atoms with Gasteiger partial charge in [0.1, 0.15) is 5.75 Å². The van der Waals surface area contributed by atoms with Crippen LogP contribution in [0.2, 0.25) is 0 Å². The molecule has 0 bridgehead atoms. The van der Waals surface area contributed by atoms with E-state index in [-0.39, 0.29) is 0 Å². The van der Waals surface area contributed by atoms with Gasteiger partial charge in [0.05, 0.1) is 7.11 Å². The van der Waals surface area contributed by atoms with Gasteiger partial charge in [-0.05, 0) is 29.7 Å². The highest BCUT2D eigenvalue weighted by atomic mass is 16.5. The van der Waals surface area contributed by atoms with Gasteiger partial charge in [-0.1, -0.05) is 25.1 Å². The second-order valence-electron chi connectivity index (χ2n) is 4.54. The normalized spacial score (nSPS) is 10.5. The standard InChI is InChI=1S/C16H20N2O/c1-3-12-4-6-15(18-11-12)9-13-5-7-16(19-2)14(8-13)10-17/h4-8,11H,3,9-10,17H2,1-2H3. The van der Waals surface area contributed by atoms with Gasteiger partial charge in [-0.25, -0.2) is 0 Å². The lowest BCUT2D eigenvalue weighted by Crippen LogP contribution is -2.01. The summed E-state index contributed by atoms with van der Waals surface area (Å²) in [5.74, 6) is 0.848. The molecule has 0 spiro atoms. The van der Waals surface area contributed by atoms with Crippen LogP contribution in [0.4, 0.5) is 0 Å². The highest BCUT2D eigenvalue weighted by Gasteiger charge is 2.04. The average Bonchev–Trinajstić information content (AvgIpc) is 2.48.